The summed E-state index contributed by atoms with van der Waals surface area (Å²) < 4.78 is 1.55. The van der Waals surface area contributed by atoms with Crippen LogP contribution in [0.25, 0.3) is 16.7 Å². The van der Waals surface area contributed by atoms with Crippen LogP contribution in [0.5, 0.6) is 0 Å². The van der Waals surface area contributed by atoms with E-state index in [0.717, 1.165) is 6.42 Å². The van der Waals surface area contributed by atoms with E-state index < -0.39 is 0 Å². The fourth-order valence-electron chi connectivity index (χ4n) is 3.95. The maximum Gasteiger partial charge on any atom is -1.00 e. The molecule has 0 heterocycles. The van der Waals surface area contributed by atoms with Gasteiger partial charge in [-0.1, -0.05) is 0 Å². The molecule has 0 bridgehead atoms. The van der Waals surface area contributed by atoms with Crippen molar-refractivity contribution in [3.63, 3.8) is 0 Å². The van der Waals surface area contributed by atoms with Gasteiger partial charge in [-0.3, -0.25) is 0 Å². The number of allylic oxidation sites excluding steroid dienone is 4. The number of benzene rings is 2. The molecule has 0 amide bonds. The number of rotatable bonds is 1. The first kappa shape index (κ1) is 21.7. The molecule has 0 aromatic heterocycles. The monoisotopic (exact) mass is 459 g/mol. The van der Waals surface area contributed by atoms with E-state index >= 15 is 0 Å². The molecular weight excluding hydrogens is 438 g/mol. The molecule has 0 N–H and O–H groups in total. The van der Waals surface area contributed by atoms with Crippen molar-refractivity contribution >= 4 is 8.84 Å². The second-order valence-corrected chi connectivity index (χ2v) is 9.34. The third kappa shape index (κ3) is 3.56. The Labute approximate surface area is 184 Å². The standard InChI is InChI=1S/C23H23.2ClH.Zr/c1-15-11-19(23(2,3)4)14-22(15)17-9-10-21-18(13-17)12-16-7-5-6-8-20(16)21;;;/h5-11,14-15H,12H2,1-4H3;2*1H;/q;;;+2/p-2. The van der Waals surface area contributed by atoms with E-state index in [2.05, 4.69) is 76.2 Å². The molecule has 0 spiro atoms. The van der Waals surface area contributed by atoms with Crippen LogP contribution in [0.3, 0.4) is 0 Å². The Hall–Kier alpha value is -0.617. The van der Waals surface area contributed by atoms with E-state index in [4.69, 9.17) is 0 Å². The molecular formula is C23H23Cl2Zr. The molecule has 0 aliphatic heterocycles. The average Bonchev–Trinajstić information content (AvgIpc) is 3.09. The molecule has 2 aliphatic rings. The summed E-state index contributed by atoms with van der Waals surface area (Å²) >= 11 is 1.53. The molecule has 2 aromatic carbocycles. The first-order chi connectivity index (χ1) is 11.4. The van der Waals surface area contributed by atoms with E-state index in [0.29, 0.717) is 5.92 Å². The minimum absolute atomic E-state index is 0. The number of hydrogen-bond donors (Lipinski definition) is 0. The van der Waals surface area contributed by atoms with Gasteiger partial charge in [0.15, 0.2) is 0 Å². The summed E-state index contributed by atoms with van der Waals surface area (Å²) in [6, 6.07) is 13.6. The van der Waals surface area contributed by atoms with Crippen LogP contribution in [0.15, 0.2) is 54.1 Å². The van der Waals surface area contributed by atoms with Gasteiger partial charge < -0.3 is 24.8 Å². The van der Waals surface area contributed by atoms with Gasteiger partial charge in [-0.05, 0) is 0 Å². The van der Waals surface area contributed by atoms with Crippen molar-refractivity contribution in [2.45, 2.75) is 34.1 Å². The van der Waals surface area contributed by atoms with Crippen molar-refractivity contribution in [1.82, 2.24) is 0 Å². The molecule has 0 saturated heterocycles. The van der Waals surface area contributed by atoms with Crippen LogP contribution in [0.1, 0.15) is 44.4 Å². The number of hydrogen-bond acceptors (Lipinski definition) is 0. The number of fused-ring (bicyclic) bond motifs is 3. The van der Waals surface area contributed by atoms with E-state index in [1.807, 2.05) is 0 Å². The van der Waals surface area contributed by atoms with Crippen LogP contribution in [-0.2, 0) is 31.1 Å². The first-order valence-electron chi connectivity index (χ1n) is 8.76. The van der Waals surface area contributed by atoms with Crippen LogP contribution in [0.4, 0.5) is 0 Å². The van der Waals surface area contributed by atoms with Crippen molar-refractivity contribution < 1.29 is 49.5 Å². The van der Waals surface area contributed by atoms with Gasteiger partial charge in [-0.25, -0.2) is 0 Å². The Balaban J connectivity index is 0.00000121. The van der Waals surface area contributed by atoms with E-state index in [-0.39, 0.29) is 30.2 Å². The quantitative estimate of drug-likeness (QED) is 0.456. The Bertz CT molecular complexity index is 901. The minimum atomic E-state index is 0. The first-order valence-corrected chi connectivity index (χ1v) is 9.99. The topological polar surface area (TPSA) is 0 Å². The Morgan fingerprint density at radius 1 is 0.923 bits per heavy atom. The van der Waals surface area contributed by atoms with Crippen LogP contribution >= 0.6 is 0 Å². The summed E-state index contributed by atoms with van der Waals surface area (Å²) in [5.74, 6) is 0.514. The van der Waals surface area contributed by atoms with Gasteiger partial charge in [0.05, 0.1) is 0 Å². The average molecular weight is 462 g/mol. The maximum absolute atomic E-state index is 2.45. The van der Waals surface area contributed by atoms with E-state index in [1.165, 1.54) is 58.1 Å². The second kappa shape index (κ2) is 7.78. The van der Waals surface area contributed by atoms with E-state index in [1.54, 1.807) is 8.83 Å². The Morgan fingerprint density at radius 2 is 1.58 bits per heavy atom. The molecule has 2 aromatic rings. The van der Waals surface area contributed by atoms with Crippen LogP contribution in [-0.4, -0.2) is 0 Å². The van der Waals surface area contributed by atoms with Gasteiger partial charge in [0.2, 0.25) is 0 Å². The molecule has 133 valence electrons. The van der Waals surface area contributed by atoms with Crippen molar-refractivity contribution in [3.05, 3.63) is 70.8 Å². The van der Waals surface area contributed by atoms with Gasteiger partial charge in [0.25, 0.3) is 0 Å². The Kier molecular flexibility index (Phi) is 6.49. The van der Waals surface area contributed by atoms with Gasteiger partial charge in [0.1, 0.15) is 0 Å². The van der Waals surface area contributed by atoms with Crippen LogP contribution < -0.4 is 28.1 Å². The summed E-state index contributed by atoms with van der Waals surface area (Å²) in [6.07, 6.45) is 6.00. The summed E-state index contributed by atoms with van der Waals surface area (Å²) in [5, 5.41) is 0. The van der Waals surface area contributed by atoms with Gasteiger partial charge in [-0.15, -0.1) is 0 Å². The Morgan fingerprint density at radius 3 is 2.23 bits per heavy atom. The largest absolute Gasteiger partial charge is 1.00 e. The van der Waals surface area contributed by atoms with Crippen LogP contribution in [0.2, 0.25) is 0 Å². The van der Waals surface area contributed by atoms with Crippen molar-refractivity contribution in [3.8, 4) is 11.1 Å². The fraction of sp³-hybridized carbons (Fsp3) is 0.304. The zero-order valence-corrected chi connectivity index (χ0v) is 19.6. The maximum atomic E-state index is 2.45. The summed E-state index contributed by atoms with van der Waals surface area (Å²) in [5.41, 5.74) is 10.6. The molecule has 1 unspecified atom stereocenters. The molecule has 0 fully saturated rings. The zero-order valence-electron chi connectivity index (χ0n) is 15.7. The normalized spacial score (nSPS) is 17.5. The molecule has 3 heteroatoms. The predicted molar refractivity (Wildman–Crippen MR) is 99.0 cm³/mol. The summed E-state index contributed by atoms with van der Waals surface area (Å²) in [7, 11) is 0. The zero-order chi connectivity index (χ0) is 17.1. The molecule has 0 saturated carbocycles. The summed E-state index contributed by atoms with van der Waals surface area (Å²) in [6.45, 7) is 9.26. The molecule has 0 nitrogen and oxygen atoms in total. The second-order valence-electron chi connectivity index (χ2n) is 8.11. The molecule has 1 atom stereocenters. The minimum Gasteiger partial charge on any atom is -1.00 e. The fourth-order valence-corrected chi connectivity index (χ4v) is 5.06. The summed E-state index contributed by atoms with van der Waals surface area (Å²) in [4.78, 5) is 0. The van der Waals surface area contributed by atoms with Gasteiger partial charge in [-0.2, -0.15) is 0 Å². The van der Waals surface area contributed by atoms with Crippen molar-refractivity contribution in [2.24, 2.45) is 11.3 Å². The molecule has 0 radical (unpaired) electrons. The predicted octanol–water partition coefficient (Wildman–Crippen LogP) is -0.556. The third-order valence-electron chi connectivity index (χ3n) is 5.40. The molecule has 26 heavy (non-hydrogen) atoms. The van der Waals surface area contributed by atoms with Crippen LogP contribution in [0, 0.1) is 11.3 Å². The third-order valence-corrected chi connectivity index (χ3v) is 6.80. The van der Waals surface area contributed by atoms with Crippen molar-refractivity contribution in [2.75, 3.05) is 0 Å². The van der Waals surface area contributed by atoms with Gasteiger partial charge in [0, 0.05) is 0 Å². The van der Waals surface area contributed by atoms with E-state index in [9.17, 15) is 0 Å². The smallest absolute Gasteiger partial charge is 1.00 e. The van der Waals surface area contributed by atoms with Crippen molar-refractivity contribution in [1.29, 1.82) is 0 Å². The SMILES string of the molecule is CC1C=C(C(C)(C)C)C=C1c1ccc2c([c]1[Zr+2])Cc1ccccc1-2.[Cl-].[Cl-]. The van der Waals surface area contributed by atoms with Gasteiger partial charge >= 0.3 is 161 Å². The molecule has 4 rings (SSSR count). The molecule has 2 aliphatic carbocycles. The number of halogens is 2.